The summed E-state index contributed by atoms with van der Waals surface area (Å²) in [7, 11) is 1.53. The lowest BCUT2D eigenvalue weighted by atomic mass is 9.98. The highest BCUT2D eigenvalue weighted by Gasteiger charge is 2.30. The van der Waals surface area contributed by atoms with Crippen molar-refractivity contribution >= 4 is 56.6 Å². The van der Waals surface area contributed by atoms with Gasteiger partial charge in [-0.15, -0.1) is 5.10 Å². The molecule has 2 fully saturated rings. The number of piperazine rings is 1. The van der Waals surface area contributed by atoms with E-state index in [1.54, 1.807) is 11.1 Å². The van der Waals surface area contributed by atoms with Gasteiger partial charge in [0.25, 0.3) is 0 Å². The maximum Gasteiger partial charge on any atom is 0.410 e. The standard InChI is InChI=1S/C39H44Cl2N8O5S/c1-39(2,3)54-38(52)48(23-25-12-14-32(51)43-25)22-24-11-13-30(44-35(24)53-4)28-9-5-7-26(33(28)40)27-8-6-10-29(34(27)41)31-21-42-36-49(31)45-37(55-36)47-17-15-46(16-18-47)19-20-50/h5-11,13,21,25,50H,12,14-20,22-23H2,1-4H3,(H,43,51)/t25-/m0/s1. The van der Waals surface area contributed by atoms with Crippen molar-refractivity contribution in [2.75, 3.05) is 57.9 Å². The van der Waals surface area contributed by atoms with E-state index in [2.05, 4.69) is 20.1 Å². The number of β-amino-alcohol motifs (C(OH)–C–C–N with tert-alkyl or cyclic N) is 1. The summed E-state index contributed by atoms with van der Waals surface area (Å²) in [4.78, 5) is 41.6. The van der Waals surface area contributed by atoms with E-state index < -0.39 is 11.7 Å². The van der Waals surface area contributed by atoms with Crippen LogP contribution in [0.4, 0.5) is 9.93 Å². The number of aliphatic hydroxyl groups excluding tert-OH is 1. The molecule has 0 bridgehead atoms. The Bertz CT molecular complexity index is 2200. The lowest BCUT2D eigenvalue weighted by Crippen LogP contribution is -2.47. The number of imidazole rings is 1. The van der Waals surface area contributed by atoms with E-state index in [0.29, 0.717) is 52.1 Å². The number of aliphatic hydroxyl groups is 1. The molecule has 0 spiro atoms. The van der Waals surface area contributed by atoms with Gasteiger partial charge in [-0.3, -0.25) is 9.69 Å². The predicted molar refractivity (Wildman–Crippen MR) is 215 cm³/mol. The quantitative estimate of drug-likeness (QED) is 0.150. The van der Waals surface area contributed by atoms with E-state index in [1.807, 2.05) is 73.8 Å². The Morgan fingerprint density at radius 2 is 1.71 bits per heavy atom. The molecule has 2 aliphatic rings. The number of halogens is 2. The number of hydrogen-bond donors (Lipinski definition) is 2. The predicted octanol–water partition coefficient (Wildman–Crippen LogP) is 6.63. The fraction of sp³-hybridized carbons (Fsp3) is 0.410. The fourth-order valence-electron chi connectivity index (χ4n) is 6.91. The van der Waals surface area contributed by atoms with Crippen LogP contribution in [-0.4, -0.2) is 111 Å². The van der Waals surface area contributed by atoms with E-state index in [1.165, 1.54) is 18.4 Å². The van der Waals surface area contributed by atoms with E-state index in [0.717, 1.165) is 58.7 Å². The number of rotatable bonds is 11. The van der Waals surface area contributed by atoms with Crippen LogP contribution in [0.15, 0.2) is 54.7 Å². The first kappa shape index (κ1) is 38.8. The van der Waals surface area contributed by atoms with Crippen LogP contribution in [0.25, 0.3) is 38.6 Å². The Morgan fingerprint density at radius 1 is 1.02 bits per heavy atom. The number of benzene rings is 2. The molecule has 16 heteroatoms. The van der Waals surface area contributed by atoms with Crippen molar-refractivity contribution in [2.24, 2.45) is 0 Å². The average Bonchev–Trinajstić information content (AvgIpc) is 3.88. The van der Waals surface area contributed by atoms with E-state index in [-0.39, 0.29) is 31.6 Å². The third-order valence-corrected chi connectivity index (χ3v) is 11.4. The van der Waals surface area contributed by atoms with Crippen LogP contribution in [0.3, 0.4) is 0 Å². The molecule has 7 rings (SSSR count). The number of pyridine rings is 1. The Hall–Kier alpha value is -4.47. The number of nitrogens with one attached hydrogen (secondary N) is 1. The second-order valence-electron chi connectivity index (χ2n) is 14.6. The zero-order valence-electron chi connectivity index (χ0n) is 31.2. The molecule has 55 heavy (non-hydrogen) atoms. The summed E-state index contributed by atoms with van der Waals surface area (Å²) in [5.74, 6) is 0.306. The molecule has 0 unspecified atom stereocenters. The molecule has 5 aromatic rings. The number of anilines is 1. The molecule has 2 aromatic carbocycles. The third-order valence-electron chi connectivity index (χ3n) is 9.64. The van der Waals surface area contributed by atoms with Gasteiger partial charge >= 0.3 is 6.09 Å². The maximum absolute atomic E-state index is 13.3. The molecule has 0 saturated carbocycles. The minimum absolute atomic E-state index is 0.0292. The van der Waals surface area contributed by atoms with E-state index in [4.69, 9.17) is 42.8 Å². The number of carbonyl (C=O) groups is 2. The van der Waals surface area contributed by atoms with Crippen molar-refractivity contribution in [3.05, 3.63) is 70.3 Å². The van der Waals surface area contributed by atoms with Crippen molar-refractivity contribution in [2.45, 2.75) is 51.8 Å². The highest BCUT2D eigenvalue weighted by atomic mass is 35.5. The van der Waals surface area contributed by atoms with Gasteiger partial charge in [0, 0.05) is 79.5 Å². The van der Waals surface area contributed by atoms with Crippen LogP contribution in [-0.2, 0) is 16.1 Å². The molecule has 3 aromatic heterocycles. The fourth-order valence-corrected chi connectivity index (χ4v) is 8.48. The molecule has 0 radical (unpaired) electrons. The molecular weight excluding hydrogens is 763 g/mol. The van der Waals surface area contributed by atoms with Gasteiger partial charge in [0.2, 0.25) is 21.9 Å². The second kappa shape index (κ2) is 16.3. The summed E-state index contributed by atoms with van der Waals surface area (Å²) in [6.07, 6.45) is 2.36. The summed E-state index contributed by atoms with van der Waals surface area (Å²) < 4.78 is 13.3. The summed E-state index contributed by atoms with van der Waals surface area (Å²) in [5.41, 5.74) is 4.25. The number of fused-ring (bicyclic) bond motifs is 1. The highest BCUT2D eigenvalue weighted by molar-refractivity contribution is 7.20. The minimum Gasteiger partial charge on any atom is -0.481 e. The van der Waals surface area contributed by atoms with Crippen LogP contribution >= 0.6 is 34.5 Å². The maximum atomic E-state index is 13.3. The Balaban J connectivity index is 1.15. The van der Waals surface area contributed by atoms with Crippen LogP contribution in [0.2, 0.25) is 10.0 Å². The molecule has 1 atom stereocenters. The lowest BCUT2D eigenvalue weighted by molar-refractivity contribution is -0.119. The Kier molecular flexibility index (Phi) is 11.5. The van der Waals surface area contributed by atoms with Gasteiger partial charge in [0.1, 0.15) is 5.60 Å². The summed E-state index contributed by atoms with van der Waals surface area (Å²) in [6.45, 7) is 10.1. The zero-order valence-corrected chi connectivity index (χ0v) is 33.5. The monoisotopic (exact) mass is 806 g/mol. The van der Waals surface area contributed by atoms with Gasteiger partial charge < -0.3 is 29.7 Å². The first-order chi connectivity index (χ1) is 26.4. The molecule has 2 aliphatic heterocycles. The van der Waals surface area contributed by atoms with Crippen molar-refractivity contribution < 1.29 is 24.2 Å². The molecule has 0 aliphatic carbocycles. The number of methoxy groups -OCH3 is 1. The van der Waals surface area contributed by atoms with Crippen LogP contribution < -0.4 is 15.0 Å². The Morgan fingerprint density at radius 3 is 2.36 bits per heavy atom. The molecule has 13 nitrogen and oxygen atoms in total. The van der Waals surface area contributed by atoms with E-state index >= 15 is 0 Å². The highest BCUT2D eigenvalue weighted by Crippen LogP contribution is 2.43. The summed E-state index contributed by atoms with van der Waals surface area (Å²) in [5, 5.41) is 19.0. The number of amides is 2. The van der Waals surface area contributed by atoms with Gasteiger partial charge in [-0.2, -0.15) is 0 Å². The molecule has 2 amide bonds. The SMILES string of the molecule is COc1nc(-c2cccc(-c3cccc(-c4cnc5sc(N6CCN(CCO)CC6)nn45)c3Cl)c2Cl)ccc1CN(C[C@@H]1CCC(=O)N1)C(=O)OC(C)(C)C. The van der Waals surface area contributed by atoms with Crippen molar-refractivity contribution in [3.8, 4) is 39.5 Å². The van der Waals surface area contributed by atoms with Gasteiger partial charge in [-0.05, 0) is 39.3 Å². The normalized spacial score (nSPS) is 16.5. The molecule has 2 saturated heterocycles. The Labute approximate surface area is 333 Å². The van der Waals surface area contributed by atoms with E-state index in [9.17, 15) is 14.7 Å². The van der Waals surface area contributed by atoms with Gasteiger partial charge in [0.15, 0.2) is 0 Å². The van der Waals surface area contributed by atoms with Crippen molar-refractivity contribution in [1.82, 2.24) is 34.7 Å². The van der Waals surface area contributed by atoms with Crippen molar-refractivity contribution in [1.29, 1.82) is 0 Å². The third kappa shape index (κ3) is 8.53. The number of carbonyl (C=O) groups excluding carboxylic acids is 2. The number of nitrogens with zero attached hydrogens (tertiary/aromatic N) is 7. The van der Waals surface area contributed by atoms with Gasteiger partial charge in [-0.25, -0.2) is 19.3 Å². The van der Waals surface area contributed by atoms with Gasteiger partial charge in [-0.1, -0.05) is 70.9 Å². The first-order valence-electron chi connectivity index (χ1n) is 18.2. The molecule has 290 valence electrons. The van der Waals surface area contributed by atoms with Crippen molar-refractivity contribution in [3.63, 3.8) is 0 Å². The molecular formula is C39H44Cl2N8O5S. The minimum atomic E-state index is -0.696. The summed E-state index contributed by atoms with van der Waals surface area (Å²) in [6, 6.07) is 15.1. The zero-order chi connectivity index (χ0) is 38.9. The van der Waals surface area contributed by atoms with Crippen LogP contribution in [0, 0.1) is 0 Å². The summed E-state index contributed by atoms with van der Waals surface area (Å²) >= 11 is 15.9. The number of aromatic nitrogens is 4. The van der Waals surface area contributed by atoms with Crippen LogP contribution in [0.5, 0.6) is 5.88 Å². The second-order valence-corrected chi connectivity index (χ2v) is 16.3. The largest absolute Gasteiger partial charge is 0.481 e. The smallest absolute Gasteiger partial charge is 0.410 e. The van der Waals surface area contributed by atoms with Gasteiger partial charge in [0.05, 0.1) is 47.9 Å². The average molecular weight is 808 g/mol. The topological polar surface area (TPSA) is 138 Å². The number of ether oxygens (including phenoxy) is 2. The first-order valence-corrected chi connectivity index (χ1v) is 19.8. The molecule has 5 heterocycles. The lowest BCUT2D eigenvalue weighted by Gasteiger charge is -2.33. The molecule has 2 N–H and O–H groups in total. The number of hydrogen-bond acceptors (Lipinski definition) is 11. The van der Waals surface area contributed by atoms with Crippen LogP contribution in [0.1, 0.15) is 39.2 Å².